The molecule has 0 aliphatic heterocycles. The van der Waals surface area contributed by atoms with Crippen molar-refractivity contribution in [2.45, 2.75) is 41.4 Å². The first-order valence-corrected chi connectivity index (χ1v) is 15.1. The quantitative estimate of drug-likeness (QED) is 0.431. The minimum atomic E-state index is -4.10. The van der Waals surface area contributed by atoms with Crippen LogP contribution in [0.1, 0.15) is 36.0 Å². The number of rotatable bonds is 7. The Kier molecular flexibility index (Phi) is 7.40. The monoisotopic (exact) mass is 580 g/mol. The van der Waals surface area contributed by atoms with Gasteiger partial charge in [0.2, 0.25) is 10.0 Å². The molecule has 37 heavy (non-hydrogen) atoms. The van der Waals surface area contributed by atoms with E-state index in [2.05, 4.69) is 10.0 Å². The van der Waals surface area contributed by atoms with E-state index in [9.17, 15) is 39.9 Å². The fourth-order valence-corrected chi connectivity index (χ4v) is 8.77. The van der Waals surface area contributed by atoms with Gasteiger partial charge in [-0.3, -0.25) is 4.79 Å². The minimum absolute atomic E-state index is 0.0649. The molecule has 2 aliphatic rings. The molecule has 4 atom stereocenters. The van der Waals surface area contributed by atoms with Crippen LogP contribution >= 0.6 is 11.6 Å². The second-order valence-electron chi connectivity index (χ2n) is 9.69. The van der Waals surface area contributed by atoms with E-state index in [-0.39, 0.29) is 40.6 Å². The van der Waals surface area contributed by atoms with E-state index in [1.165, 1.54) is 12.1 Å². The third-order valence-electron chi connectivity index (χ3n) is 6.89. The molecule has 8 nitrogen and oxygen atoms in total. The van der Waals surface area contributed by atoms with Gasteiger partial charge in [0.1, 0.15) is 0 Å². The van der Waals surface area contributed by atoms with Crippen molar-refractivity contribution in [3.05, 3.63) is 58.4 Å². The number of amides is 1. The molecule has 0 saturated heterocycles. The van der Waals surface area contributed by atoms with Crippen LogP contribution in [0, 0.1) is 29.3 Å². The number of aliphatic hydroxyl groups is 1. The third kappa shape index (κ3) is 5.80. The molecule has 2 aliphatic carbocycles. The summed E-state index contributed by atoms with van der Waals surface area (Å²) in [6, 6.07) is 4.69. The average molecular weight is 581 g/mol. The molecule has 0 radical (unpaired) electrons. The average Bonchev–Trinajstić information content (AvgIpc) is 3.09. The Labute approximate surface area is 217 Å². The van der Waals surface area contributed by atoms with E-state index >= 15 is 0 Å². The van der Waals surface area contributed by atoms with Crippen LogP contribution in [0.25, 0.3) is 0 Å². The molecule has 2 aromatic rings. The van der Waals surface area contributed by atoms with Crippen molar-refractivity contribution in [1.82, 2.24) is 4.72 Å². The Hall–Kier alpha value is -2.19. The number of hydrogen-bond donors (Lipinski definition) is 3. The Morgan fingerprint density at radius 1 is 1.05 bits per heavy atom. The van der Waals surface area contributed by atoms with Crippen LogP contribution in [0.4, 0.5) is 18.9 Å². The molecule has 3 unspecified atom stereocenters. The number of anilines is 1. The lowest BCUT2D eigenvalue weighted by molar-refractivity contribution is -0.0136. The number of fused-ring (bicyclic) bond motifs is 2. The number of sulfonamides is 1. The summed E-state index contributed by atoms with van der Waals surface area (Å²) in [4.78, 5) is 12.4. The van der Waals surface area contributed by atoms with Crippen molar-refractivity contribution in [3.63, 3.8) is 0 Å². The molecule has 2 aromatic carbocycles. The van der Waals surface area contributed by atoms with Crippen molar-refractivity contribution >= 4 is 43.1 Å². The van der Waals surface area contributed by atoms with E-state index in [0.29, 0.717) is 25.0 Å². The summed E-state index contributed by atoms with van der Waals surface area (Å²) in [6.07, 6.45) is 2.12. The summed E-state index contributed by atoms with van der Waals surface area (Å²) >= 11 is 6.22. The van der Waals surface area contributed by atoms with Gasteiger partial charge in [0.15, 0.2) is 27.3 Å². The first-order chi connectivity index (χ1) is 17.1. The lowest BCUT2D eigenvalue weighted by atomic mass is 9.77. The van der Waals surface area contributed by atoms with Gasteiger partial charge in [-0.2, -0.15) is 0 Å². The highest BCUT2D eigenvalue weighted by Crippen LogP contribution is 2.51. The van der Waals surface area contributed by atoms with Gasteiger partial charge in [0, 0.05) is 29.9 Å². The van der Waals surface area contributed by atoms with E-state index in [4.69, 9.17) is 11.6 Å². The molecule has 1 amide bonds. The van der Waals surface area contributed by atoms with E-state index < -0.39 is 65.9 Å². The Balaban J connectivity index is 1.58. The maximum absolute atomic E-state index is 13.7. The Bertz CT molecular complexity index is 1430. The second kappa shape index (κ2) is 9.84. The van der Waals surface area contributed by atoms with Gasteiger partial charge < -0.3 is 10.4 Å². The van der Waals surface area contributed by atoms with Crippen LogP contribution in [0.15, 0.2) is 35.2 Å². The predicted octanol–water partition coefficient (Wildman–Crippen LogP) is 3.25. The van der Waals surface area contributed by atoms with Crippen LogP contribution in [-0.2, 0) is 19.9 Å². The van der Waals surface area contributed by atoms with Crippen molar-refractivity contribution in [2.24, 2.45) is 11.8 Å². The molecule has 2 bridgehead atoms. The minimum Gasteiger partial charge on any atom is -0.389 e. The molecule has 3 N–H and O–H groups in total. The van der Waals surface area contributed by atoms with E-state index in [1.54, 1.807) is 0 Å². The van der Waals surface area contributed by atoms with Crippen LogP contribution in [0.5, 0.6) is 0 Å². The molecule has 202 valence electrons. The molecule has 4 rings (SSSR count). The number of carbonyl (C=O) groups is 1. The fraction of sp³-hybridized carbons (Fsp3) is 0.435. The number of halogens is 4. The fourth-order valence-electron chi connectivity index (χ4n) is 5.39. The summed E-state index contributed by atoms with van der Waals surface area (Å²) in [5.41, 5.74) is -1.93. The van der Waals surface area contributed by atoms with E-state index in [1.807, 2.05) is 0 Å². The first-order valence-electron chi connectivity index (χ1n) is 11.3. The zero-order chi connectivity index (χ0) is 27.3. The highest BCUT2D eigenvalue weighted by Gasteiger charge is 2.54. The van der Waals surface area contributed by atoms with Crippen molar-refractivity contribution < 1.29 is 39.9 Å². The number of hydrogen-bond acceptors (Lipinski definition) is 6. The Morgan fingerprint density at radius 3 is 2.16 bits per heavy atom. The lowest BCUT2D eigenvalue weighted by Crippen LogP contribution is -2.51. The summed E-state index contributed by atoms with van der Waals surface area (Å²) in [5, 5.41) is 12.1. The standard InChI is InChI=1S/C23H24ClF3N2O6S2/c1-36(32,33)28-11-23(31)9-13-2-3-14(10-23)21(13)37(34,35)19-6-12(4-5-16(19)24)22(30)29-15-7-17(25)20(27)18(26)8-15/h4-8,13-14,21,28,31H,2-3,9-11H2,1H3,(H,29,30)/t13-,14?,21?,23?/m0/s1. The summed E-state index contributed by atoms with van der Waals surface area (Å²) in [6.45, 7) is -0.230. The number of carbonyl (C=O) groups excluding carboxylic acids is 1. The third-order valence-corrected chi connectivity index (χ3v) is 10.4. The lowest BCUT2D eigenvalue weighted by Gasteiger charge is -2.40. The van der Waals surface area contributed by atoms with Crippen LogP contribution in [-0.4, -0.2) is 51.5 Å². The Morgan fingerprint density at radius 2 is 1.62 bits per heavy atom. The molecule has 2 saturated carbocycles. The molecule has 0 aromatic heterocycles. The maximum Gasteiger partial charge on any atom is 0.255 e. The van der Waals surface area contributed by atoms with Gasteiger partial charge in [-0.15, -0.1) is 0 Å². The molecule has 0 spiro atoms. The molecular weight excluding hydrogens is 557 g/mol. The zero-order valence-corrected chi connectivity index (χ0v) is 21.9. The number of nitrogens with one attached hydrogen (secondary N) is 2. The summed E-state index contributed by atoms with van der Waals surface area (Å²) < 4.78 is 92.8. The predicted molar refractivity (Wildman–Crippen MR) is 130 cm³/mol. The molecule has 0 heterocycles. The van der Waals surface area contributed by atoms with Crippen LogP contribution < -0.4 is 10.0 Å². The summed E-state index contributed by atoms with van der Waals surface area (Å²) in [5.74, 6) is -6.53. The first kappa shape index (κ1) is 27.8. The van der Waals surface area contributed by atoms with E-state index in [0.717, 1.165) is 12.3 Å². The smallest absolute Gasteiger partial charge is 0.255 e. The topological polar surface area (TPSA) is 130 Å². The largest absolute Gasteiger partial charge is 0.389 e. The normalized spacial score (nSPS) is 25.7. The van der Waals surface area contributed by atoms with Gasteiger partial charge in [-0.05, 0) is 55.7 Å². The zero-order valence-electron chi connectivity index (χ0n) is 19.5. The molecule has 2 fully saturated rings. The second-order valence-corrected chi connectivity index (χ2v) is 14.0. The molecular formula is C23H24ClF3N2O6S2. The van der Waals surface area contributed by atoms with Gasteiger partial charge >= 0.3 is 0 Å². The van der Waals surface area contributed by atoms with Crippen LogP contribution in [0.2, 0.25) is 5.02 Å². The maximum atomic E-state index is 13.7. The van der Waals surface area contributed by atoms with Gasteiger partial charge in [0.05, 0.1) is 27.0 Å². The summed E-state index contributed by atoms with van der Waals surface area (Å²) in [7, 11) is -7.65. The van der Waals surface area contributed by atoms with Crippen molar-refractivity contribution in [3.8, 4) is 0 Å². The highest BCUT2D eigenvalue weighted by atomic mass is 35.5. The molecule has 14 heteroatoms. The highest BCUT2D eigenvalue weighted by molar-refractivity contribution is 7.92. The van der Waals surface area contributed by atoms with Crippen molar-refractivity contribution in [2.75, 3.05) is 18.1 Å². The van der Waals surface area contributed by atoms with Gasteiger partial charge in [-0.25, -0.2) is 34.7 Å². The SMILES string of the molecule is CS(=O)(=O)NCC1(O)CC2CC[C@@H](C1)C2S(=O)(=O)c1cc(C(=O)Nc2cc(F)c(F)c(F)c2)ccc1Cl. The van der Waals surface area contributed by atoms with Crippen LogP contribution in [0.3, 0.4) is 0 Å². The van der Waals surface area contributed by atoms with Gasteiger partial charge in [0.25, 0.3) is 5.91 Å². The van der Waals surface area contributed by atoms with Crippen molar-refractivity contribution in [1.29, 1.82) is 0 Å². The van der Waals surface area contributed by atoms with Gasteiger partial charge in [-0.1, -0.05) is 11.6 Å². The number of benzene rings is 2. The number of sulfone groups is 1.